The number of benzene rings is 2. The summed E-state index contributed by atoms with van der Waals surface area (Å²) in [6.45, 7) is 3.44. The van der Waals surface area contributed by atoms with Crippen molar-refractivity contribution in [3.05, 3.63) is 59.9 Å². The molecule has 0 saturated carbocycles. The molecule has 126 valence electrons. The lowest BCUT2D eigenvalue weighted by molar-refractivity contribution is 0.0504. The molecule has 0 spiro atoms. The largest absolute Gasteiger partial charge is 0.486 e. The minimum absolute atomic E-state index is 0.0474. The Hall–Kier alpha value is -2.07. The fourth-order valence-electron chi connectivity index (χ4n) is 3.69. The zero-order chi connectivity index (χ0) is 16.4. The first-order valence-electron chi connectivity index (χ1n) is 8.64. The molecule has 0 radical (unpaired) electrons. The highest BCUT2D eigenvalue weighted by Gasteiger charge is 2.27. The normalized spacial score (nSPS) is 23.9. The Kier molecular flexibility index (Phi) is 4.39. The van der Waals surface area contributed by atoms with Crippen LogP contribution in [0.3, 0.4) is 0 Å². The molecule has 2 atom stereocenters. The van der Waals surface area contributed by atoms with Crippen molar-refractivity contribution in [1.82, 2.24) is 4.90 Å². The van der Waals surface area contributed by atoms with E-state index in [4.69, 9.17) is 9.47 Å². The number of halogens is 1. The van der Waals surface area contributed by atoms with Crippen molar-refractivity contribution < 1.29 is 13.9 Å². The van der Waals surface area contributed by atoms with Crippen LogP contribution in [-0.4, -0.2) is 37.2 Å². The van der Waals surface area contributed by atoms with E-state index in [2.05, 4.69) is 4.90 Å². The molecule has 2 aliphatic heterocycles. The number of para-hydroxylation sites is 2. The molecule has 0 aromatic heterocycles. The van der Waals surface area contributed by atoms with Crippen LogP contribution in [0.5, 0.6) is 11.5 Å². The number of ether oxygens (including phenoxy) is 2. The number of piperidine rings is 1. The highest BCUT2D eigenvalue weighted by molar-refractivity contribution is 5.40. The van der Waals surface area contributed by atoms with Crippen molar-refractivity contribution in [3.8, 4) is 11.5 Å². The smallest absolute Gasteiger partial charge is 0.161 e. The van der Waals surface area contributed by atoms with Gasteiger partial charge in [0.1, 0.15) is 18.5 Å². The minimum atomic E-state index is -0.148. The Morgan fingerprint density at radius 3 is 2.83 bits per heavy atom. The third kappa shape index (κ3) is 3.39. The van der Waals surface area contributed by atoms with Crippen LogP contribution in [0.25, 0.3) is 0 Å². The summed E-state index contributed by atoms with van der Waals surface area (Å²) >= 11 is 0. The van der Waals surface area contributed by atoms with Crippen LogP contribution in [0.1, 0.15) is 24.3 Å². The van der Waals surface area contributed by atoms with Gasteiger partial charge in [0.25, 0.3) is 0 Å². The van der Waals surface area contributed by atoms with Crippen LogP contribution < -0.4 is 9.47 Å². The lowest BCUT2D eigenvalue weighted by Gasteiger charge is -2.36. The molecule has 3 nitrogen and oxygen atoms in total. The number of fused-ring (bicyclic) bond motifs is 1. The first kappa shape index (κ1) is 15.5. The minimum Gasteiger partial charge on any atom is -0.486 e. The third-order valence-electron chi connectivity index (χ3n) is 4.85. The molecule has 1 saturated heterocycles. The second kappa shape index (κ2) is 6.81. The fraction of sp³-hybridized carbons (Fsp3) is 0.400. The van der Waals surface area contributed by atoms with Gasteiger partial charge < -0.3 is 9.47 Å². The van der Waals surface area contributed by atoms with Crippen LogP contribution >= 0.6 is 0 Å². The molecule has 2 aliphatic rings. The van der Waals surface area contributed by atoms with Gasteiger partial charge in [-0.25, -0.2) is 4.39 Å². The molecule has 0 N–H and O–H groups in total. The number of likely N-dealkylation sites (tertiary alicyclic amines) is 1. The van der Waals surface area contributed by atoms with E-state index in [0.717, 1.165) is 49.5 Å². The number of nitrogens with zero attached hydrogens (tertiary/aromatic N) is 1. The lowest BCUT2D eigenvalue weighted by atomic mass is 9.90. The zero-order valence-electron chi connectivity index (χ0n) is 13.7. The molecule has 2 heterocycles. The van der Waals surface area contributed by atoms with E-state index in [0.29, 0.717) is 12.5 Å². The van der Waals surface area contributed by atoms with Gasteiger partial charge in [-0.05, 0) is 55.1 Å². The Morgan fingerprint density at radius 1 is 1.08 bits per heavy atom. The second-order valence-electron chi connectivity index (χ2n) is 6.65. The molecule has 2 unspecified atom stereocenters. The molecular formula is C20H22FNO2. The first-order chi connectivity index (χ1) is 11.8. The van der Waals surface area contributed by atoms with Crippen LogP contribution in [0.15, 0.2) is 48.5 Å². The van der Waals surface area contributed by atoms with Gasteiger partial charge in [0, 0.05) is 13.1 Å². The monoisotopic (exact) mass is 327 g/mol. The van der Waals surface area contributed by atoms with Gasteiger partial charge >= 0.3 is 0 Å². The van der Waals surface area contributed by atoms with Crippen molar-refractivity contribution in [1.29, 1.82) is 0 Å². The molecular weight excluding hydrogens is 305 g/mol. The van der Waals surface area contributed by atoms with E-state index in [9.17, 15) is 4.39 Å². The van der Waals surface area contributed by atoms with Gasteiger partial charge in [-0.3, -0.25) is 4.90 Å². The standard InChI is InChI=1S/C20H22FNO2/c21-17-7-3-5-15(11-17)16-6-4-10-22(12-16)13-18-14-23-19-8-1-2-9-20(19)24-18/h1-3,5,7-9,11,16,18H,4,6,10,12-14H2. The van der Waals surface area contributed by atoms with E-state index in [1.54, 1.807) is 12.1 Å². The van der Waals surface area contributed by atoms with Crippen LogP contribution in [-0.2, 0) is 0 Å². The van der Waals surface area contributed by atoms with Gasteiger partial charge in [0.15, 0.2) is 11.5 Å². The van der Waals surface area contributed by atoms with Crippen LogP contribution in [0.4, 0.5) is 4.39 Å². The summed E-state index contributed by atoms with van der Waals surface area (Å²) in [6, 6.07) is 14.8. The number of rotatable bonds is 3. The molecule has 1 fully saturated rings. The molecule has 0 bridgehead atoms. The lowest BCUT2D eigenvalue weighted by Crippen LogP contribution is -2.44. The van der Waals surface area contributed by atoms with E-state index < -0.39 is 0 Å². The highest BCUT2D eigenvalue weighted by Crippen LogP contribution is 2.32. The van der Waals surface area contributed by atoms with Gasteiger partial charge in [0.2, 0.25) is 0 Å². The van der Waals surface area contributed by atoms with E-state index in [1.807, 2.05) is 30.3 Å². The maximum absolute atomic E-state index is 13.5. The Morgan fingerprint density at radius 2 is 1.96 bits per heavy atom. The number of hydrogen-bond donors (Lipinski definition) is 0. The highest BCUT2D eigenvalue weighted by atomic mass is 19.1. The first-order valence-corrected chi connectivity index (χ1v) is 8.64. The Bertz CT molecular complexity index is 706. The fourth-order valence-corrected chi connectivity index (χ4v) is 3.69. The van der Waals surface area contributed by atoms with E-state index in [-0.39, 0.29) is 11.9 Å². The third-order valence-corrected chi connectivity index (χ3v) is 4.85. The van der Waals surface area contributed by atoms with Crippen molar-refractivity contribution in [3.63, 3.8) is 0 Å². The van der Waals surface area contributed by atoms with Gasteiger partial charge in [-0.15, -0.1) is 0 Å². The molecule has 4 heteroatoms. The topological polar surface area (TPSA) is 21.7 Å². The van der Waals surface area contributed by atoms with Gasteiger partial charge in [-0.2, -0.15) is 0 Å². The van der Waals surface area contributed by atoms with Crippen LogP contribution in [0, 0.1) is 5.82 Å². The maximum Gasteiger partial charge on any atom is 0.161 e. The predicted molar refractivity (Wildman–Crippen MR) is 91.2 cm³/mol. The SMILES string of the molecule is Fc1cccc(C2CCCN(CC3COc4ccccc4O3)C2)c1. The summed E-state index contributed by atoms with van der Waals surface area (Å²) in [5, 5.41) is 0. The summed E-state index contributed by atoms with van der Waals surface area (Å²) in [5.74, 6) is 1.90. The molecule has 24 heavy (non-hydrogen) atoms. The predicted octanol–water partition coefficient (Wildman–Crippen LogP) is 3.85. The van der Waals surface area contributed by atoms with Crippen molar-refractivity contribution in [2.24, 2.45) is 0 Å². The summed E-state index contributed by atoms with van der Waals surface area (Å²) in [5.41, 5.74) is 1.10. The number of hydrogen-bond acceptors (Lipinski definition) is 3. The summed E-state index contributed by atoms with van der Waals surface area (Å²) in [6.07, 6.45) is 2.29. The average Bonchev–Trinajstić information content (AvgIpc) is 2.62. The molecule has 0 amide bonds. The average molecular weight is 327 g/mol. The van der Waals surface area contributed by atoms with Crippen LogP contribution in [0.2, 0.25) is 0 Å². The molecule has 2 aromatic rings. The quantitative estimate of drug-likeness (QED) is 0.855. The van der Waals surface area contributed by atoms with Gasteiger partial charge in [-0.1, -0.05) is 24.3 Å². The zero-order valence-corrected chi connectivity index (χ0v) is 13.7. The van der Waals surface area contributed by atoms with Crippen molar-refractivity contribution >= 4 is 0 Å². The molecule has 2 aromatic carbocycles. The van der Waals surface area contributed by atoms with E-state index >= 15 is 0 Å². The van der Waals surface area contributed by atoms with Gasteiger partial charge in [0.05, 0.1) is 0 Å². The summed E-state index contributed by atoms with van der Waals surface area (Å²) in [4.78, 5) is 2.42. The molecule has 4 rings (SSSR count). The van der Waals surface area contributed by atoms with Crippen molar-refractivity contribution in [2.75, 3.05) is 26.2 Å². The maximum atomic E-state index is 13.5. The Balaban J connectivity index is 1.39. The molecule has 0 aliphatic carbocycles. The van der Waals surface area contributed by atoms with E-state index in [1.165, 1.54) is 6.07 Å². The Labute approximate surface area is 142 Å². The second-order valence-corrected chi connectivity index (χ2v) is 6.65. The van der Waals surface area contributed by atoms with Crippen molar-refractivity contribution in [2.45, 2.75) is 24.9 Å². The summed E-state index contributed by atoms with van der Waals surface area (Å²) in [7, 11) is 0. The summed E-state index contributed by atoms with van der Waals surface area (Å²) < 4.78 is 25.4.